The number of H-pyrrole nitrogens is 1. The van der Waals surface area contributed by atoms with E-state index in [-0.39, 0.29) is 11.1 Å². The van der Waals surface area contributed by atoms with Gasteiger partial charge in [-0.15, -0.1) is 0 Å². The zero-order chi connectivity index (χ0) is 18.8. The minimum Gasteiger partial charge on any atom is -0.328 e. The van der Waals surface area contributed by atoms with Crippen molar-refractivity contribution >= 4 is 5.91 Å². The van der Waals surface area contributed by atoms with E-state index in [0.717, 1.165) is 12.0 Å². The molecule has 0 radical (unpaired) electrons. The van der Waals surface area contributed by atoms with Crippen molar-refractivity contribution in [1.82, 2.24) is 19.9 Å². The predicted molar refractivity (Wildman–Crippen MR) is 97.5 cm³/mol. The first kappa shape index (κ1) is 17.1. The summed E-state index contributed by atoms with van der Waals surface area (Å²) >= 11 is 0. The van der Waals surface area contributed by atoms with Gasteiger partial charge in [0.25, 0.3) is 11.5 Å². The summed E-state index contributed by atoms with van der Waals surface area (Å²) < 4.78 is 14.0. The minimum atomic E-state index is -0.557. The molecular formula is C20H17FN4O2. The molecule has 1 amide bonds. The Morgan fingerprint density at radius 3 is 2.85 bits per heavy atom. The SMILES string of the molecule is O=C(c1ccccc1F)N1CCCC1c1nc(-c2cccnc2)cc(=O)[nH]1. The van der Waals surface area contributed by atoms with E-state index in [2.05, 4.69) is 15.0 Å². The highest BCUT2D eigenvalue weighted by atomic mass is 19.1. The molecule has 7 heteroatoms. The van der Waals surface area contributed by atoms with Crippen molar-refractivity contribution in [2.45, 2.75) is 18.9 Å². The third kappa shape index (κ3) is 3.36. The fraction of sp³-hybridized carbons (Fsp3) is 0.200. The Bertz CT molecular complexity index is 1040. The van der Waals surface area contributed by atoms with Crippen LogP contribution in [0.25, 0.3) is 11.3 Å². The molecule has 6 nitrogen and oxygen atoms in total. The van der Waals surface area contributed by atoms with E-state index in [1.54, 1.807) is 35.5 Å². The maximum absolute atomic E-state index is 14.0. The summed E-state index contributed by atoms with van der Waals surface area (Å²) in [6.45, 7) is 0.485. The second-order valence-corrected chi connectivity index (χ2v) is 6.39. The fourth-order valence-corrected chi connectivity index (χ4v) is 3.38. The molecule has 1 atom stereocenters. The van der Waals surface area contributed by atoms with Gasteiger partial charge in [0, 0.05) is 30.6 Å². The van der Waals surface area contributed by atoms with Crippen molar-refractivity contribution in [3.8, 4) is 11.3 Å². The van der Waals surface area contributed by atoms with Crippen molar-refractivity contribution < 1.29 is 9.18 Å². The van der Waals surface area contributed by atoms with E-state index < -0.39 is 17.8 Å². The quantitative estimate of drug-likeness (QED) is 0.775. The van der Waals surface area contributed by atoms with Crippen LogP contribution in [0.5, 0.6) is 0 Å². The largest absolute Gasteiger partial charge is 0.328 e. The van der Waals surface area contributed by atoms with Gasteiger partial charge < -0.3 is 9.88 Å². The normalized spacial score (nSPS) is 16.5. The highest BCUT2D eigenvalue weighted by molar-refractivity contribution is 5.94. The molecule has 136 valence electrons. The highest BCUT2D eigenvalue weighted by Crippen LogP contribution is 2.32. The summed E-state index contributed by atoms with van der Waals surface area (Å²) in [6, 6.07) is 10.5. The highest BCUT2D eigenvalue weighted by Gasteiger charge is 2.33. The zero-order valence-electron chi connectivity index (χ0n) is 14.4. The van der Waals surface area contributed by atoms with Gasteiger partial charge >= 0.3 is 0 Å². The van der Waals surface area contributed by atoms with Crippen molar-refractivity contribution in [2.24, 2.45) is 0 Å². The maximum Gasteiger partial charge on any atom is 0.257 e. The summed E-state index contributed by atoms with van der Waals surface area (Å²) in [5.74, 6) is -0.549. The van der Waals surface area contributed by atoms with Gasteiger partial charge in [0.15, 0.2) is 0 Å². The molecule has 0 saturated carbocycles. The summed E-state index contributed by atoms with van der Waals surface area (Å²) in [5.41, 5.74) is 0.932. The number of hydrogen-bond donors (Lipinski definition) is 1. The van der Waals surface area contributed by atoms with Crippen LogP contribution in [-0.2, 0) is 0 Å². The Labute approximate surface area is 154 Å². The van der Waals surface area contributed by atoms with Crippen molar-refractivity contribution in [1.29, 1.82) is 0 Å². The van der Waals surface area contributed by atoms with E-state index in [0.29, 0.717) is 24.5 Å². The Morgan fingerprint density at radius 2 is 2.07 bits per heavy atom. The van der Waals surface area contributed by atoms with E-state index in [1.807, 2.05) is 6.07 Å². The van der Waals surface area contributed by atoms with Gasteiger partial charge in [-0.25, -0.2) is 9.37 Å². The van der Waals surface area contributed by atoms with E-state index in [9.17, 15) is 14.0 Å². The van der Waals surface area contributed by atoms with Gasteiger partial charge in [-0.1, -0.05) is 12.1 Å². The number of aromatic amines is 1. The first-order valence-electron chi connectivity index (χ1n) is 8.70. The predicted octanol–water partition coefficient (Wildman–Crippen LogP) is 2.95. The van der Waals surface area contributed by atoms with Crippen molar-refractivity contribution in [3.05, 3.63) is 82.4 Å². The maximum atomic E-state index is 14.0. The van der Waals surface area contributed by atoms with E-state index in [1.165, 1.54) is 18.2 Å². The summed E-state index contributed by atoms with van der Waals surface area (Å²) in [4.78, 5) is 37.9. The minimum absolute atomic E-state index is 0.0233. The number of carbonyl (C=O) groups excluding carboxylic acids is 1. The van der Waals surface area contributed by atoms with Gasteiger partial charge in [-0.05, 0) is 37.1 Å². The number of hydrogen-bond acceptors (Lipinski definition) is 4. The second kappa shape index (κ2) is 7.11. The third-order valence-electron chi connectivity index (χ3n) is 4.65. The Balaban J connectivity index is 1.70. The molecular weight excluding hydrogens is 347 g/mol. The van der Waals surface area contributed by atoms with Crippen molar-refractivity contribution in [3.63, 3.8) is 0 Å². The lowest BCUT2D eigenvalue weighted by molar-refractivity contribution is 0.0725. The summed E-state index contributed by atoms with van der Waals surface area (Å²) in [5, 5.41) is 0. The smallest absolute Gasteiger partial charge is 0.257 e. The van der Waals surface area contributed by atoms with Gasteiger partial charge in [-0.3, -0.25) is 14.6 Å². The summed E-state index contributed by atoms with van der Waals surface area (Å²) in [7, 11) is 0. The molecule has 1 N–H and O–H groups in total. The number of benzene rings is 1. The van der Waals surface area contributed by atoms with Crippen molar-refractivity contribution in [2.75, 3.05) is 6.54 Å². The zero-order valence-corrected chi connectivity index (χ0v) is 14.4. The lowest BCUT2D eigenvalue weighted by Crippen LogP contribution is -2.33. The van der Waals surface area contributed by atoms with Crippen LogP contribution in [0.3, 0.4) is 0 Å². The molecule has 1 fully saturated rings. The number of rotatable bonds is 3. The number of likely N-dealkylation sites (tertiary alicyclic amines) is 1. The van der Waals surface area contributed by atoms with Crippen LogP contribution in [0.15, 0.2) is 59.7 Å². The Morgan fingerprint density at radius 1 is 1.22 bits per heavy atom. The lowest BCUT2D eigenvalue weighted by atomic mass is 10.1. The molecule has 1 aliphatic heterocycles. The lowest BCUT2D eigenvalue weighted by Gasteiger charge is -2.24. The molecule has 1 aromatic carbocycles. The molecule has 27 heavy (non-hydrogen) atoms. The monoisotopic (exact) mass is 364 g/mol. The molecule has 3 heterocycles. The Hall–Kier alpha value is -3.35. The number of aromatic nitrogens is 3. The molecule has 4 rings (SSSR count). The molecule has 1 aliphatic rings. The number of nitrogens with one attached hydrogen (secondary N) is 1. The summed E-state index contributed by atoms with van der Waals surface area (Å²) in [6.07, 6.45) is 4.68. The standard InChI is InChI=1S/C20H17FN4O2/c21-15-7-2-1-6-14(15)20(27)25-10-4-8-17(25)19-23-16(11-18(26)24-19)13-5-3-9-22-12-13/h1-3,5-7,9,11-12,17H,4,8,10H2,(H,23,24,26). The first-order valence-corrected chi connectivity index (χ1v) is 8.70. The molecule has 0 aliphatic carbocycles. The average molecular weight is 364 g/mol. The first-order chi connectivity index (χ1) is 13.1. The van der Waals surface area contributed by atoms with Gasteiger partial charge in [0.1, 0.15) is 11.6 Å². The van der Waals surface area contributed by atoms with Gasteiger partial charge in [0.05, 0.1) is 17.3 Å². The molecule has 1 unspecified atom stereocenters. The van der Waals surface area contributed by atoms with Crippen LogP contribution in [-0.4, -0.2) is 32.3 Å². The van der Waals surface area contributed by atoms with Gasteiger partial charge in [0.2, 0.25) is 0 Å². The van der Waals surface area contributed by atoms with Crippen LogP contribution in [0.1, 0.15) is 35.1 Å². The molecule has 0 spiro atoms. The topological polar surface area (TPSA) is 79.0 Å². The van der Waals surface area contributed by atoms with Crippen LogP contribution in [0, 0.1) is 5.82 Å². The number of pyridine rings is 1. The van der Waals surface area contributed by atoms with Crippen LogP contribution in [0.4, 0.5) is 4.39 Å². The van der Waals surface area contributed by atoms with E-state index in [4.69, 9.17) is 0 Å². The molecule has 3 aromatic rings. The Kier molecular flexibility index (Phi) is 4.50. The third-order valence-corrected chi connectivity index (χ3v) is 4.65. The number of nitrogens with zero attached hydrogens (tertiary/aromatic N) is 3. The number of carbonyl (C=O) groups is 1. The molecule has 0 bridgehead atoms. The average Bonchev–Trinajstić information content (AvgIpc) is 3.18. The van der Waals surface area contributed by atoms with Gasteiger partial charge in [-0.2, -0.15) is 0 Å². The number of halogens is 1. The van der Waals surface area contributed by atoms with Crippen LogP contribution >= 0.6 is 0 Å². The van der Waals surface area contributed by atoms with Crippen LogP contribution in [0.2, 0.25) is 0 Å². The fourth-order valence-electron chi connectivity index (χ4n) is 3.38. The van der Waals surface area contributed by atoms with E-state index >= 15 is 0 Å². The second-order valence-electron chi connectivity index (χ2n) is 6.39. The molecule has 2 aromatic heterocycles. The number of amides is 1. The van der Waals surface area contributed by atoms with Crippen LogP contribution < -0.4 is 5.56 Å². The molecule has 1 saturated heterocycles.